The monoisotopic (exact) mass is 305 g/mol. The van der Waals surface area contributed by atoms with Crippen LogP contribution in [0.5, 0.6) is 0 Å². The summed E-state index contributed by atoms with van der Waals surface area (Å²) < 4.78 is 5.20. The molecule has 22 heavy (non-hydrogen) atoms. The van der Waals surface area contributed by atoms with Gasteiger partial charge in [-0.05, 0) is 37.8 Å². The van der Waals surface area contributed by atoms with Crippen LogP contribution in [0.15, 0.2) is 22.8 Å². The molecule has 2 aliphatic rings. The van der Waals surface area contributed by atoms with E-state index in [2.05, 4.69) is 5.32 Å². The van der Waals surface area contributed by atoms with Gasteiger partial charge in [-0.25, -0.2) is 4.79 Å². The van der Waals surface area contributed by atoms with Crippen LogP contribution in [0.1, 0.15) is 31.4 Å². The van der Waals surface area contributed by atoms with Gasteiger partial charge >= 0.3 is 6.03 Å². The minimum Gasteiger partial charge on any atom is -0.467 e. The summed E-state index contributed by atoms with van der Waals surface area (Å²) in [5.74, 6) is 0.817. The fourth-order valence-corrected chi connectivity index (χ4v) is 3.17. The van der Waals surface area contributed by atoms with Gasteiger partial charge in [-0.2, -0.15) is 0 Å². The first kappa shape index (κ1) is 14.9. The maximum Gasteiger partial charge on any atom is 0.319 e. The van der Waals surface area contributed by atoms with E-state index in [1.54, 1.807) is 6.26 Å². The summed E-state index contributed by atoms with van der Waals surface area (Å²) in [5.41, 5.74) is 0. The average molecular weight is 305 g/mol. The van der Waals surface area contributed by atoms with Gasteiger partial charge in [-0.1, -0.05) is 0 Å². The van der Waals surface area contributed by atoms with E-state index in [-0.39, 0.29) is 17.9 Å². The van der Waals surface area contributed by atoms with Gasteiger partial charge in [-0.3, -0.25) is 4.79 Å². The Kier molecular flexibility index (Phi) is 4.65. The number of hydrogen-bond acceptors (Lipinski definition) is 3. The highest BCUT2D eigenvalue weighted by molar-refractivity contribution is 5.79. The molecule has 0 saturated carbocycles. The summed E-state index contributed by atoms with van der Waals surface area (Å²) in [7, 11) is 0. The molecule has 0 aliphatic carbocycles. The Hall–Kier alpha value is -1.98. The van der Waals surface area contributed by atoms with Gasteiger partial charge in [0.15, 0.2) is 0 Å². The predicted octanol–water partition coefficient (Wildman–Crippen LogP) is 1.82. The molecule has 3 rings (SSSR count). The van der Waals surface area contributed by atoms with Crippen molar-refractivity contribution in [3.05, 3.63) is 24.2 Å². The fourth-order valence-electron chi connectivity index (χ4n) is 3.17. The van der Waals surface area contributed by atoms with E-state index in [9.17, 15) is 9.59 Å². The molecule has 0 atom stereocenters. The Morgan fingerprint density at radius 2 is 1.82 bits per heavy atom. The average Bonchev–Trinajstić information content (AvgIpc) is 3.25. The van der Waals surface area contributed by atoms with Gasteiger partial charge in [0.05, 0.1) is 12.8 Å². The molecule has 0 radical (unpaired) electrons. The number of piperidine rings is 1. The molecule has 0 unspecified atom stereocenters. The lowest BCUT2D eigenvalue weighted by Gasteiger charge is -2.34. The van der Waals surface area contributed by atoms with Gasteiger partial charge in [0, 0.05) is 32.1 Å². The SMILES string of the molecule is O=C(NCc1ccco1)C1CCN(C(=O)N2CCCC2)CC1. The topological polar surface area (TPSA) is 65.8 Å². The number of amides is 3. The molecule has 120 valence electrons. The minimum absolute atomic E-state index is 0.00223. The molecule has 3 heterocycles. The van der Waals surface area contributed by atoms with Gasteiger partial charge in [-0.15, -0.1) is 0 Å². The van der Waals surface area contributed by atoms with Crippen LogP contribution in [0.4, 0.5) is 4.79 Å². The second-order valence-electron chi connectivity index (χ2n) is 6.04. The lowest BCUT2D eigenvalue weighted by Crippen LogP contribution is -2.47. The Bertz CT molecular complexity index is 501. The summed E-state index contributed by atoms with van der Waals surface area (Å²) in [6, 6.07) is 3.80. The van der Waals surface area contributed by atoms with Crippen LogP contribution < -0.4 is 5.32 Å². The lowest BCUT2D eigenvalue weighted by atomic mass is 9.96. The fraction of sp³-hybridized carbons (Fsp3) is 0.625. The third-order valence-electron chi connectivity index (χ3n) is 4.53. The zero-order chi connectivity index (χ0) is 15.4. The smallest absolute Gasteiger partial charge is 0.319 e. The zero-order valence-corrected chi connectivity index (χ0v) is 12.8. The molecule has 0 bridgehead atoms. The number of likely N-dealkylation sites (tertiary alicyclic amines) is 2. The number of rotatable bonds is 3. The van der Waals surface area contributed by atoms with E-state index < -0.39 is 0 Å². The normalized spacial score (nSPS) is 19.5. The summed E-state index contributed by atoms with van der Waals surface area (Å²) in [6.45, 7) is 3.53. The van der Waals surface area contributed by atoms with Crippen molar-refractivity contribution in [3.63, 3.8) is 0 Å². The molecule has 1 aromatic heterocycles. The number of furan rings is 1. The third kappa shape index (κ3) is 3.43. The Morgan fingerprint density at radius 1 is 1.14 bits per heavy atom. The quantitative estimate of drug-likeness (QED) is 0.926. The molecule has 0 spiro atoms. The Labute approximate surface area is 130 Å². The molecule has 3 amide bonds. The van der Waals surface area contributed by atoms with Crippen LogP contribution in [0.25, 0.3) is 0 Å². The number of urea groups is 1. The van der Waals surface area contributed by atoms with Crippen LogP contribution in [0, 0.1) is 5.92 Å². The molecule has 2 fully saturated rings. The predicted molar refractivity (Wildman–Crippen MR) is 81.1 cm³/mol. The highest BCUT2D eigenvalue weighted by atomic mass is 16.3. The van der Waals surface area contributed by atoms with Crippen LogP contribution in [-0.4, -0.2) is 47.9 Å². The molecule has 0 aromatic carbocycles. The van der Waals surface area contributed by atoms with Gasteiger partial charge in [0.25, 0.3) is 0 Å². The highest BCUT2D eigenvalue weighted by Gasteiger charge is 2.30. The van der Waals surface area contributed by atoms with Gasteiger partial charge < -0.3 is 19.5 Å². The molecule has 2 saturated heterocycles. The summed E-state index contributed by atoms with van der Waals surface area (Å²) in [4.78, 5) is 28.3. The van der Waals surface area contributed by atoms with Crippen molar-refractivity contribution in [2.45, 2.75) is 32.2 Å². The zero-order valence-electron chi connectivity index (χ0n) is 12.8. The maximum absolute atomic E-state index is 12.3. The molecular formula is C16H23N3O3. The van der Waals surface area contributed by atoms with Crippen LogP contribution >= 0.6 is 0 Å². The van der Waals surface area contributed by atoms with Gasteiger partial charge in [0.1, 0.15) is 5.76 Å². The highest BCUT2D eigenvalue weighted by Crippen LogP contribution is 2.20. The van der Waals surface area contributed by atoms with Crippen molar-refractivity contribution in [2.75, 3.05) is 26.2 Å². The van der Waals surface area contributed by atoms with Crippen LogP contribution in [-0.2, 0) is 11.3 Å². The molecule has 1 N–H and O–H groups in total. The summed E-state index contributed by atoms with van der Waals surface area (Å²) in [5, 5.41) is 2.91. The van der Waals surface area contributed by atoms with Crippen molar-refractivity contribution >= 4 is 11.9 Å². The largest absolute Gasteiger partial charge is 0.467 e. The first-order valence-corrected chi connectivity index (χ1v) is 8.08. The van der Waals surface area contributed by atoms with Crippen molar-refractivity contribution in [3.8, 4) is 0 Å². The van der Waals surface area contributed by atoms with Gasteiger partial charge in [0.2, 0.25) is 5.91 Å². The number of carbonyl (C=O) groups is 2. The standard InChI is InChI=1S/C16H23N3O3/c20-15(17-12-14-4-3-11-22-14)13-5-9-19(10-6-13)16(21)18-7-1-2-8-18/h3-4,11,13H,1-2,5-10,12H2,(H,17,20). The van der Waals surface area contributed by atoms with Crippen molar-refractivity contribution in [1.82, 2.24) is 15.1 Å². The second-order valence-corrected chi connectivity index (χ2v) is 6.04. The number of nitrogens with one attached hydrogen (secondary N) is 1. The first-order chi connectivity index (χ1) is 10.7. The summed E-state index contributed by atoms with van der Waals surface area (Å²) >= 11 is 0. The summed E-state index contributed by atoms with van der Waals surface area (Å²) in [6.07, 6.45) is 5.30. The Morgan fingerprint density at radius 3 is 2.45 bits per heavy atom. The molecule has 6 nitrogen and oxygen atoms in total. The van der Waals surface area contributed by atoms with E-state index in [0.29, 0.717) is 19.6 Å². The van der Waals surface area contributed by atoms with Crippen LogP contribution in [0.2, 0.25) is 0 Å². The lowest BCUT2D eigenvalue weighted by molar-refractivity contribution is -0.126. The molecular weight excluding hydrogens is 282 g/mol. The van der Waals surface area contributed by atoms with E-state index in [1.165, 1.54) is 0 Å². The number of nitrogens with zero attached hydrogens (tertiary/aromatic N) is 2. The maximum atomic E-state index is 12.3. The van der Waals surface area contributed by atoms with Crippen molar-refractivity contribution in [1.29, 1.82) is 0 Å². The molecule has 6 heteroatoms. The molecule has 2 aliphatic heterocycles. The van der Waals surface area contributed by atoms with E-state index in [4.69, 9.17) is 4.42 Å². The number of carbonyl (C=O) groups excluding carboxylic acids is 2. The van der Waals surface area contributed by atoms with Crippen molar-refractivity contribution in [2.24, 2.45) is 5.92 Å². The molecule has 1 aromatic rings. The van der Waals surface area contributed by atoms with Crippen LogP contribution in [0.3, 0.4) is 0 Å². The second kappa shape index (κ2) is 6.85. The first-order valence-electron chi connectivity index (χ1n) is 8.08. The van der Waals surface area contributed by atoms with E-state index in [1.807, 2.05) is 21.9 Å². The van der Waals surface area contributed by atoms with E-state index in [0.717, 1.165) is 44.5 Å². The number of hydrogen-bond donors (Lipinski definition) is 1. The third-order valence-corrected chi connectivity index (χ3v) is 4.53. The Balaban J connectivity index is 1.42. The van der Waals surface area contributed by atoms with E-state index >= 15 is 0 Å². The van der Waals surface area contributed by atoms with Crippen molar-refractivity contribution < 1.29 is 14.0 Å². The minimum atomic E-state index is -0.00223.